The summed E-state index contributed by atoms with van der Waals surface area (Å²) in [6, 6.07) is 25.9. The molecule has 0 saturated carbocycles. The van der Waals surface area contributed by atoms with E-state index < -0.39 is 23.1 Å². The van der Waals surface area contributed by atoms with Gasteiger partial charge in [0.05, 0.1) is 5.92 Å². The van der Waals surface area contributed by atoms with Gasteiger partial charge in [0.15, 0.2) is 0 Å². The Morgan fingerprint density at radius 2 is 1.50 bits per heavy atom. The summed E-state index contributed by atoms with van der Waals surface area (Å²) < 4.78 is 6.56. The second-order valence-corrected chi connectivity index (χ2v) is 9.46. The molecule has 4 aromatic rings. The van der Waals surface area contributed by atoms with Crippen LogP contribution < -0.4 is 4.74 Å². The van der Waals surface area contributed by atoms with Crippen molar-refractivity contribution in [3.8, 4) is 5.75 Å². The van der Waals surface area contributed by atoms with Gasteiger partial charge in [0.25, 0.3) is 0 Å². The first-order chi connectivity index (χ1) is 15.4. The number of aliphatic hydroxyl groups is 2. The van der Waals surface area contributed by atoms with Crippen LogP contribution in [0, 0.1) is 5.92 Å². The van der Waals surface area contributed by atoms with E-state index in [1.54, 1.807) is 18.2 Å². The van der Waals surface area contributed by atoms with E-state index in [0.29, 0.717) is 28.0 Å². The standard InChI is InChI=1S/C27H19BrO4/c28-18-10-12-22-23(14-18)26(30)15-24(27(22,31)21-8-4-3-7-20(21)26)25(29)32-19-11-9-16-5-1-2-6-17(16)13-19/h1-14,24,30-31H,15H2. The number of fused-ring (bicyclic) bond motifs is 2. The van der Waals surface area contributed by atoms with Crippen LogP contribution in [0.4, 0.5) is 0 Å². The molecule has 3 unspecified atom stereocenters. The van der Waals surface area contributed by atoms with Gasteiger partial charge in [-0.2, -0.15) is 0 Å². The molecule has 0 spiro atoms. The van der Waals surface area contributed by atoms with Crippen molar-refractivity contribution in [2.24, 2.45) is 5.92 Å². The molecule has 158 valence electrons. The maximum atomic E-state index is 13.4. The predicted octanol–water partition coefficient (Wildman–Crippen LogP) is 5.01. The number of hydrogen-bond donors (Lipinski definition) is 2. The summed E-state index contributed by atoms with van der Waals surface area (Å²) >= 11 is 3.47. The first-order valence-corrected chi connectivity index (χ1v) is 11.3. The van der Waals surface area contributed by atoms with Crippen LogP contribution in [0.15, 0.2) is 89.4 Å². The van der Waals surface area contributed by atoms with E-state index in [1.165, 1.54) is 0 Å². The van der Waals surface area contributed by atoms with E-state index in [1.807, 2.05) is 66.7 Å². The third-order valence-electron chi connectivity index (χ3n) is 6.85. The molecule has 5 heteroatoms. The Hall–Kier alpha value is -2.99. The van der Waals surface area contributed by atoms with Crippen molar-refractivity contribution in [1.82, 2.24) is 0 Å². The number of hydrogen-bond acceptors (Lipinski definition) is 4. The summed E-state index contributed by atoms with van der Waals surface area (Å²) in [5.41, 5.74) is -0.665. The molecule has 0 saturated heterocycles. The van der Waals surface area contributed by atoms with Crippen molar-refractivity contribution in [3.05, 3.63) is 112 Å². The molecule has 2 bridgehead atoms. The van der Waals surface area contributed by atoms with E-state index >= 15 is 0 Å². The fourth-order valence-electron chi connectivity index (χ4n) is 5.37. The topological polar surface area (TPSA) is 66.8 Å². The van der Waals surface area contributed by atoms with Gasteiger partial charge in [0, 0.05) is 10.9 Å². The highest BCUT2D eigenvalue weighted by Crippen LogP contribution is 2.60. The van der Waals surface area contributed by atoms with E-state index in [0.717, 1.165) is 15.2 Å². The highest BCUT2D eigenvalue weighted by molar-refractivity contribution is 9.10. The number of ether oxygens (including phenoxy) is 1. The van der Waals surface area contributed by atoms with Gasteiger partial charge >= 0.3 is 5.97 Å². The van der Waals surface area contributed by atoms with Gasteiger partial charge in [0.2, 0.25) is 0 Å². The molecule has 0 radical (unpaired) electrons. The summed E-state index contributed by atoms with van der Waals surface area (Å²) in [6.07, 6.45) is 0.0381. The second kappa shape index (κ2) is 6.75. The van der Waals surface area contributed by atoms with E-state index in [2.05, 4.69) is 15.9 Å². The van der Waals surface area contributed by atoms with Crippen molar-refractivity contribution >= 4 is 32.7 Å². The molecular formula is C27H19BrO4. The molecule has 3 aliphatic rings. The summed E-state index contributed by atoms with van der Waals surface area (Å²) in [5.74, 6) is -1.11. The molecule has 7 rings (SSSR count). The van der Waals surface area contributed by atoms with Crippen LogP contribution in [0.1, 0.15) is 28.7 Å². The van der Waals surface area contributed by atoms with Crippen LogP contribution in [0.5, 0.6) is 5.75 Å². The maximum absolute atomic E-state index is 13.4. The molecule has 32 heavy (non-hydrogen) atoms. The lowest BCUT2D eigenvalue weighted by molar-refractivity contribution is -0.157. The Bertz CT molecular complexity index is 1410. The Labute approximate surface area is 193 Å². The number of halogens is 1. The minimum Gasteiger partial charge on any atom is -0.426 e. The quantitative estimate of drug-likeness (QED) is 0.308. The van der Waals surface area contributed by atoms with Gasteiger partial charge in [-0.05, 0) is 57.3 Å². The van der Waals surface area contributed by atoms with Crippen LogP contribution in [0.3, 0.4) is 0 Å². The Kier molecular flexibility index (Phi) is 4.15. The monoisotopic (exact) mass is 486 g/mol. The highest BCUT2D eigenvalue weighted by Gasteiger charge is 2.62. The zero-order chi connectivity index (χ0) is 22.1. The molecule has 2 N–H and O–H groups in total. The van der Waals surface area contributed by atoms with Crippen LogP contribution in [0.2, 0.25) is 0 Å². The fraction of sp³-hybridized carbons (Fsp3) is 0.148. The molecule has 4 aromatic carbocycles. The summed E-state index contributed by atoms with van der Waals surface area (Å²) in [6.45, 7) is 0. The molecule has 3 aliphatic carbocycles. The fourth-order valence-corrected chi connectivity index (χ4v) is 5.73. The average molecular weight is 487 g/mol. The Morgan fingerprint density at radius 3 is 2.31 bits per heavy atom. The van der Waals surface area contributed by atoms with Crippen LogP contribution in [-0.2, 0) is 16.0 Å². The summed E-state index contributed by atoms with van der Waals surface area (Å²) in [5, 5.41) is 25.9. The van der Waals surface area contributed by atoms with Crippen LogP contribution >= 0.6 is 15.9 Å². The predicted molar refractivity (Wildman–Crippen MR) is 124 cm³/mol. The lowest BCUT2D eigenvalue weighted by Crippen LogP contribution is -2.57. The van der Waals surface area contributed by atoms with Crippen molar-refractivity contribution in [3.63, 3.8) is 0 Å². The largest absolute Gasteiger partial charge is 0.426 e. The second-order valence-electron chi connectivity index (χ2n) is 8.55. The lowest BCUT2D eigenvalue weighted by atomic mass is 9.54. The third kappa shape index (κ3) is 2.59. The van der Waals surface area contributed by atoms with Gasteiger partial charge < -0.3 is 14.9 Å². The summed E-state index contributed by atoms with van der Waals surface area (Å²) in [7, 11) is 0. The average Bonchev–Trinajstić information content (AvgIpc) is 2.81. The van der Waals surface area contributed by atoms with Crippen molar-refractivity contribution in [2.45, 2.75) is 17.6 Å². The third-order valence-corrected chi connectivity index (χ3v) is 7.34. The highest BCUT2D eigenvalue weighted by atomic mass is 79.9. The van der Waals surface area contributed by atoms with E-state index in [-0.39, 0.29) is 6.42 Å². The SMILES string of the molecule is O=C(Oc1ccc2ccccc2c1)C1CC2(O)c3ccccc3C1(O)c1ccc(Br)cc12. The Morgan fingerprint density at radius 1 is 0.812 bits per heavy atom. The molecule has 0 aromatic heterocycles. The van der Waals surface area contributed by atoms with E-state index in [4.69, 9.17) is 4.74 Å². The molecule has 3 atom stereocenters. The van der Waals surface area contributed by atoms with Crippen LogP contribution in [0.25, 0.3) is 10.8 Å². The molecule has 0 fully saturated rings. The van der Waals surface area contributed by atoms with Crippen molar-refractivity contribution < 1.29 is 19.7 Å². The molecular weight excluding hydrogens is 468 g/mol. The first-order valence-electron chi connectivity index (χ1n) is 10.5. The Balaban J connectivity index is 1.46. The summed E-state index contributed by atoms with van der Waals surface area (Å²) in [4.78, 5) is 13.4. The smallest absolute Gasteiger partial charge is 0.318 e. The number of rotatable bonds is 2. The number of carbonyl (C=O) groups is 1. The molecule has 4 nitrogen and oxygen atoms in total. The van der Waals surface area contributed by atoms with Gasteiger partial charge in [-0.3, -0.25) is 4.79 Å². The number of esters is 1. The van der Waals surface area contributed by atoms with Crippen LogP contribution in [-0.4, -0.2) is 16.2 Å². The lowest BCUT2D eigenvalue weighted by Gasteiger charge is -2.53. The van der Waals surface area contributed by atoms with Gasteiger partial charge in [0.1, 0.15) is 17.0 Å². The minimum absolute atomic E-state index is 0.0381. The van der Waals surface area contributed by atoms with Gasteiger partial charge in [-0.15, -0.1) is 0 Å². The molecule has 0 aliphatic heterocycles. The maximum Gasteiger partial charge on any atom is 0.318 e. The van der Waals surface area contributed by atoms with Gasteiger partial charge in [-0.1, -0.05) is 76.6 Å². The molecule has 0 amide bonds. The van der Waals surface area contributed by atoms with Gasteiger partial charge in [-0.25, -0.2) is 0 Å². The number of benzene rings is 4. The first kappa shape index (κ1) is 19.7. The zero-order valence-corrected chi connectivity index (χ0v) is 18.5. The van der Waals surface area contributed by atoms with E-state index in [9.17, 15) is 15.0 Å². The minimum atomic E-state index is -1.59. The zero-order valence-electron chi connectivity index (χ0n) is 17.0. The molecule has 0 heterocycles. The van der Waals surface area contributed by atoms with Crippen molar-refractivity contribution in [1.29, 1.82) is 0 Å². The van der Waals surface area contributed by atoms with Crippen molar-refractivity contribution in [2.75, 3.05) is 0 Å². The number of carbonyl (C=O) groups excluding carboxylic acids is 1. The normalized spacial score (nSPS) is 25.3.